The fourth-order valence-corrected chi connectivity index (χ4v) is 1.46. The fraction of sp³-hybridized carbons (Fsp3) is 0.300. The van der Waals surface area contributed by atoms with Crippen LogP contribution in [-0.4, -0.2) is 24.1 Å². The Hall–Kier alpha value is -1.22. The summed E-state index contributed by atoms with van der Waals surface area (Å²) in [5, 5.41) is 0. The van der Waals surface area contributed by atoms with Gasteiger partial charge in [-0.25, -0.2) is 4.79 Å². The molecule has 3 nitrogen and oxygen atoms in total. The van der Waals surface area contributed by atoms with Gasteiger partial charge in [0.15, 0.2) is 0 Å². The summed E-state index contributed by atoms with van der Waals surface area (Å²) in [6.07, 6.45) is 7.56. The van der Waals surface area contributed by atoms with Crippen molar-refractivity contribution in [3.05, 3.63) is 35.6 Å². The molecule has 2 aliphatic rings. The average molecular weight is 214 g/mol. The summed E-state index contributed by atoms with van der Waals surface area (Å²) in [4.78, 5) is 12.9. The van der Waals surface area contributed by atoms with Crippen molar-refractivity contribution in [3.63, 3.8) is 0 Å². The first-order valence-corrected chi connectivity index (χ1v) is 4.34. The maximum absolute atomic E-state index is 11.3. The molecule has 76 valence electrons. The normalized spacial score (nSPS) is 17.1. The van der Waals surface area contributed by atoms with Crippen LogP contribution in [0, 0.1) is 0 Å². The molecule has 0 aromatic rings. The second kappa shape index (κ2) is 4.33. The molecule has 1 heterocycles. The van der Waals surface area contributed by atoms with E-state index >= 15 is 0 Å². The number of allylic oxidation sites excluding steroid dienone is 3. The van der Waals surface area contributed by atoms with Crippen LogP contribution in [0.25, 0.3) is 0 Å². The summed E-state index contributed by atoms with van der Waals surface area (Å²) in [5.74, 6) is 0. The molecule has 0 aromatic carbocycles. The van der Waals surface area contributed by atoms with Gasteiger partial charge >= 0.3 is 6.09 Å². The van der Waals surface area contributed by atoms with E-state index in [1.807, 2.05) is 24.4 Å². The highest BCUT2D eigenvalue weighted by Gasteiger charge is 2.23. The molecular weight excluding hydrogens is 202 g/mol. The minimum atomic E-state index is -0.265. The number of fused-ring (bicyclic) bond motifs is 1. The third kappa shape index (κ3) is 1.82. The Bertz CT molecular complexity index is 331. The molecule has 4 heteroatoms. The van der Waals surface area contributed by atoms with E-state index in [2.05, 4.69) is 0 Å². The summed E-state index contributed by atoms with van der Waals surface area (Å²) in [6.45, 7) is 2.87. The van der Waals surface area contributed by atoms with Gasteiger partial charge < -0.3 is 4.74 Å². The monoisotopic (exact) mass is 213 g/mol. The van der Waals surface area contributed by atoms with Gasteiger partial charge in [0.25, 0.3) is 0 Å². The first-order chi connectivity index (χ1) is 6.31. The summed E-state index contributed by atoms with van der Waals surface area (Å²) < 4.78 is 4.88. The van der Waals surface area contributed by atoms with E-state index in [0.717, 1.165) is 5.57 Å². The number of hydrogen-bond acceptors (Lipinski definition) is 2. The van der Waals surface area contributed by atoms with E-state index < -0.39 is 0 Å². The van der Waals surface area contributed by atoms with E-state index in [1.54, 1.807) is 11.8 Å². The molecule has 0 radical (unpaired) electrons. The third-order valence-electron chi connectivity index (χ3n) is 2.08. The Kier molecular flexibility index (Phi) is 3.36. The van der Waals surface area contributed by atoms with Crippen LogP contribution in [0.3, 0.4) is 0 Å². The Labute approximate surface area is 89.1 Å². The zero-order valence-corrected chi connectivity index (χ0v) is 8.71. The van der Waals surface area contributed by atoms with Gasteiger partial charge in [-0.3, -0.25) is 4.90 Å². The molecule has 1 amide bonds. The lowest BCUT2D eigenvalue weighted by Crippen LogP contribution is -2.24. The maximum atomic E-state index is 11.3. The number of carbonyl (C=O) groups is 1. The van der Waals surface area contributed by atoms with Crippen molar-refractivity contribution >= 4 is 18.5 Å². The van der Waals surface area contributed by atoms with Crippen molar-refractivity contribution in [1.82, 2.24) is 4.90 Å². The first-order valence-electron chi connectivity index (χ1n) is 4.34. The van der Waals surface area contributed by atoms with E-state index in [-0.39, 0.29) is 18.5 Å². The van der Waals surface area contributed by atoms with Crippen LogP contribution in [0.15, 0.2) is 35.6 Å². The highest BCUT2D eigenvalue weighted by Crippen LogP contribution is 2.26. The summed E-state index contributed by atoms with van der Waals surface area (Å²) in [6, 6.07) is 0. The van der Waals surface area contributed by atoms with Crippen molar-refractivity contribution in [2.75, 3.05) is 13.2 Å². The summed E-state index contributed by atoms with van der Waals surface area (Å²) in [5.41, 5.74) is 2.31. The van der Waals surface area contributed by atoms with Crippen LogP contribution in [0.5, 0.6) is 0 Å². The van der Waals surface area contributed by atoms with Gasteiger partial charge in [0, 0.05) is 6.20 Å². The molecule has 0 unspecified atom stereocenters. The number of carbonyl (C=O) groups excluding carboxylic acids is 1. The van der Waals surface area contributed by atoms with Gasteiger partial charge in [-0.1, -0.05) is 18.2 Å². The van der Waals surface area contributed by atoms with Gasteiger partial charge in [-0.2, -0.15) is 0 Å². The van der Waals surface area contributed by atoms with Crippen LogP contribution in [0.2, 0.25) is 0 Å². The molecule has 0 spiro atoms. The SMILES string of the molecule is CCOC(=O)N1C=C2C=CC=C2C1.Cl. The zero-order chi connectivity index (χ0) is 9.26. The molecule has 14 heavy (non-hydrogen) atoms. The Morgan fingerprint density at radius 1 is 1.64 bits per heavy atom. The van der Waals surface area contributed by atoms with Crippen molar-refractivity contribution < 1.29 is 9.53 Å². The molecule has 0 saturated heterocycles. The average Bonchev–Trinajstić information content (AvgIpc) is 2.61. The highest BCUT2D eigenvalue weighted by atomic mass is 35.5. The molecule has 0 aromatic heterocycles. The number of ether oxygens (including phenoxy) is 1. The molecule has 0 bridgehead atoms. The van der Waals surface area contributed by atoms with E-state index in [4.69, 9.17) is 4.74 Å². The van der Waals surface area contributed by atoms with Gasteiger partial charge in [0.1, 0.15) is 0 Å². The number of hydrogen-bond donors (Lipinski definition) is 0. The lowest BCUT2D eigenvalue weighted by atomic mass is 10.2. The Morgan fingerprint density at radius 2 is 2.43 bits per heavy atom. The standard InChI is InChI=1S/C10H11NO2.ClH/c1-2-13-10(12)11-6-8-4-3-5-9(8)7-11;/h3-6H,2,7H2,1H3;1H. The number of halogens is 1. The van der Waals surface area contributed by atoms with E-state index in [9.17, 15) is 4.79 Å². The molecule has 1 aliphatic heterocycles. The number of nitrogens with zero attached hydrogens (tertiary/aromatic N) is 1. The molecule has 0 N–H and O–H groups in total. The predicted octanol–water partition coefficient (Wildman–Crippen LogP) is 2.26. The molecule has 0 saturated carbocycles. The highest BCUT2D eigenvalue weighted by molar-refractivity contribution is 5.85. The molecule has 1 aliphatic carbocycles. The van der Waals surface area contributed by atoms with Crippen LogP contribution < -0.4 is 0 Å². The maximum Gasteiger partial charge on any atom is 0.414 e. The molecule has 2 rings (SSSR count). The number of amides is 1. The second-order valence-electron chi connectivity index (χ2n) is 2.96. The third-order valence-corrected chi connectivity index (χ3v) is 2.08. The minimum Gasteiger partial charge on any atom is -0.449 e. The largest absolute Gasteiger partial charge is 0.449 e. The summed E-state index contributed by atoms with van der Waals surface area (Å²) in [7, 11) is 0. The smallest absolute Gasteiger partial charge is 0.414 e. The van der Waals surface area contributed by atoms with Crippen LogP contribution in [0.4, 0.5) is 4.79 Å². The van der Waals surface area contributed by atoms with Crippen LogP contribution in [-0.2, 0) is 4.74 Å². The first kappa shape index (κ1) is 10.9. The zero-order valence-electron chi connectivity index (χ0n) is 7.90. The number of rotatable bonds is 1. The van der Waals surface area contributed by atoms with E-state index in [1.165, 1.54) is 5.57 Å². The van der Waals surface area contributed by atoms with Crippen molar-refractivity contribution in [3.8, 4) is 0 Å². The van der Waals surface area contributed by atoms with Crippen molar-refractivity contribution in [2.45, 2.75) is 6.92 Å². The van der Waals surface area contributed by atoms with Crippen LogP contribution >= 0.6 is 12.4 Å². The van der Waals surface area contributed by atoms with Gasteiger partial charge in [-0.05, 0) is 18.1 Å². The fourth-order valence-electron chi connectivity index (χ4n) is 1.46. The molecule has 0 atom stereocenters. The lowest BCUT2D eigenvalue weighted by Gasteiger charge is -2.11. The van der Waals surface area contributed by atoms with Gasteiger partial charge in [0.2, 0.25) is 0 Å². The van der Waals surface area contributed by atoms with Gasteiger partial charge in [-0.15, -0.1) is 12.4 Å². The minimum absolute atomic E-state index is 0. The van der Waals surface area contributed by atoms with Crippen molar-refractivity contribution in [2.24, 2.45) is 0 Å². The van der Waals surface area contributed by atoms with Gasteiger partial charge in [0.05, 0.1) is 13.2 Å². The second-order valence-corrected chi connectivity index (χ2v) is 2.96. The molecule has 0 fully saturated rings. The quantitative estimate of drug-likeness (QED) is 0.669. The predicted molar refractivity (Wildman–Crippen MR) is 56.3 cm³/mol. The van der Waals surface area contributed by atoms with Crippen LogP contribution in [0.1, 0.15) is 6.92 Å². The molecular formula is C10H12ClNO2. The Morgan fingerprint density at radius 3 is 3.07 bits per heavy atom. The van der Waals surface area contributed by atoms with E-state index in [0.29, 0.717) is 13.2 Å². The summed E-state index contributed by atoms with van der Waals surface area (Å²) >= 11 is 0. The Balaban J connectivity index is 0.000000980. The topological polar surface area (TPSA) is 29.5 Å². The van der Waals surface area contributed by atoms with Crippen molar-refractivity contribution in [1.29, 1.82) is 0 Å². The lowest BCUT2D eigenvalue weighted by molar-refractivity contribution is 0.126.